The molecule has 6 heteroatoms. The Hall–Kier alpha value is -2.47. The number of likely N-dealkylation sites (N-methyl/N-ethyl adjacent to an activating group) is 1. The van der Waals surface area contributed by atoms with Crippen molar-refractivity contribution in [1.82, 2.24) is 20.2 Å². The average Bonchev–Trinajstić information content (AvgIpc) is 2.61. The van der Waals surface area contributed by atoms with Crippen LogP contribution in [0, 0.1) is 0 Å². The van der Waals surface area contributed by atoms with E-state index in [9.17, 15) is 4.79 Å². The maximum Gasteiger partial charge on any atom is 0.270 e. The minimum absolute atomic E-state index is 0.155. The summed E-state index contributed by atoms with van der Waals surface area (Å²) in [4.78, 5) is 24.9. The molecule has 126 valence electrons. The van der Waals surface area contributed by atoms with E-state index >= 15 is 0 Å². The summed E-state index contributed by atoms with van der Waals surface area (Å²) in [5.74, 6) is 0.648. The number of nitrogens with one attached hydrogen (secondary N) is 1. The topological polar surface area (TPSA) is 61.4 Å². The quantitative estimate of drug-likeness (QED) is 0.899. The Bertz CT molecular complexity index is 716. The number of carbonyl (C=O) groups is 1. The molecule has 1 aromatic carbocycles. The summed E-state index contributed by atoms with van der Waals surface area (Å²) in [6, 6.07) is 10.2. The molecule has 1 amide bonds. The predicted octanol–water partition coefficient (Wildman–Crippen LogP) is 1.33. The van der Waals surface area contributed by atoms with Crippen molar-refractivity contribution in [2.24, 2.45) is 0 Å². The molecule has 24 heavy (non-hydrogen) atoms. The monoisotopic (exact) mass is 325 g/mol. The van der Waals surface area contributed by atoms with Gasteiger partial charge in [-0.2, -0.15) is 0 Å². The van der Waals surface area contributed by atoms with Crippen LogP contribution in [-0.2, 0) is 13.0 Å². The second-order valence-electron chi connectivity index (χ2n) is 6.26. The Kier molecular flexibility index (Phi) is 5.05. The van der Waals surface area contributed by atoms with Crippen molar-refractivity contribution in [3.63, 3.8) is 0 Å². The van der Waals surface area contributed by atoms with Crippen molar-refractivity contribution in [2.75, 3.05) is 38.6 Å². The molecule has 0 aliphatic carbocycles. The van der Waals surface area contributed by atoms with E-state index in [1.54, 1.807) is 6.07 Å². The zero-order valence-corrected chi connectivity index (χ0v) is 14.2. The fourth-order valence-electron chi connectivity index (χ4n) is 2.82. The summed E-state index contributed by atoms with van der Waals surface area (Å²) >= 11 is 0. The molecular weight excluding hydrogens is 302 g/mol. The van der Waals surface area contributed by atoms with Crippen LogP contribution in [0.5, 0.6) is 0 Å². The van der Waals surface area contributed by atoms with Gasteiger partial charge >= 0.3 is 0 Å². The lowest BCUT2D eigenvalue weighted by atomic mass is 10.00. The molecule has 0 radical (unpaired) electrons. The molecule has 1 aromatic heterocycles. The number of rotatable bonds is 5. The molecule has 0 atom stereocenters. The maximum atomic E-state index is 12.2. The van der Waals surface area contributed by atoms with Gasteiger partial charge in [-0.25, -0.2) is 9.97 Å². The largest absolute Gasteiger partial charge is 0.352 e. The SMILES string of the molecule is CN(C)CCNC(=O)c1cc(N2CCc3ccccc3C2)ncn1. The van der Waals surface area contributed by atoms with Crippen molar-refractivity contribution in [2.45, 2.75) is 13.0 Å². The molecule has 1 aliphatic heterocycles. The zero-order chi connectivity index (χ0) is 16.9. The van der Waals surface area contributed by atoms with Crippen LogP contribution in [0.1, 0.15) is 21.6 Å². The summed E-state index contributed by atoms with van der Waals surface area (Å²) in [7, 11) is 3.95. The van der Waals surface area contributed by atoms with Crippen LogP contribution >= 0.6 is 0 Å². The molecule has 2 heterocycles. The van der Waals surface area contributed by atoms with Crippen molar-refractivity contribution < 1.29 is 4.79 Å². The minimum Gasteiger partial charge on any atom is -0.352 e. The highest BCUT2D eigenvalue weighted by molar-refractivity contribution is 5.92. The first-order valence-electron chi connectivity index (χ1n) is 8.20. The van der Waals surface area contributed by atoms with Crippen LogP contribution in [0.15, 0.2) is 36.7 Å². The molecule has 0 fully saturated rings. The molecule has 0 saturated heterocycles. The predicted molar refractivity (Wildman–Crippen MR) is 94.1 cm³/mol. The molecular formula is C18H23N5O. The molecule has 6 nitrogen and oxygen atoms in total. The minimum atomic E-state index is -0.155. The lowest BCUT2D eigenvalue weighted by Gasteiger charge is -2.29. The number of hydrogen-bond acceptors (Lipinski definition) is 5. The molecule has 0 unspecified atom stereocenters. The van der Waals surface area contributed by atoms with Gasteiger partial charge in [-0.1, -0.05) is 24.3 Å². The van der Waals surface area contributed by atoms with Crippen molar-refractivity contribution in [3.05, 3.63) is 53.5 Å². The number of anilines is 1. The van der Waals surface area contributed by atoms with Gasteiger partial charge in [0.2, 0.25) is 0 Å². The maximum absolute atomic E-state index is 12.2. The van der Waals surface area contributed by atoms with Gasteiger partial charge in [0.05, 0.1) is 0 Å². The summed E-state index contributed by atoms with van der Waals surface area (Å²) < 4.78 is 0. The smallest absolute Gasteiger partial charge is 0.270 e. The van der Waals surface area contributed by atoms with Gasteiger partial charge in [0.15, 0.2) is 0 Å². The Morgan fingerprint density at radius 3 is 2.83 bits per heavy atom. The Labute approximate surface area is 142 Å². The Balaban J connectivity index is 1.68. The van der Waals surface area contributed by atoms with E-state index in [4.69, 9.17) is 0 Å². The molecule has 1 N–H and O–H groups in total. The second kappa shape index (κ2) is 7.40. The van der Waals surface area contributed by atoms with E-state index in [1.807, 2.05) is 19.0 Å². The first-order valence-corrected chi connectivity index (χ1v) is 8.20. The van der Waals surface area contributed by atoms with E-state index in [-0.39, 0.29) is 5.91 Å². The van der Waals surface area contributed by atoms with Crippen LogP contribution in [-0.4, -0.2) is 54.5 Å². The van der Waals surface area contributed by atoms with E-state index < -0.39 is 0 Å². The summed E-state index contributed by atoms with van der Waals surface area (Å²) in [5.41, 5.74) is 3.13. The fourth-order valence-corrected chi connectivity index (χ4v) is 2.82. The number of amides is 1. The van der Waals surface area contributed by atoms with Crippen LogP contribution in [0.4, 0.5) is 5.82 Å². The molecule has 3 rings (SSSR count). The number of benzene rings is 1. The standard InChI is InChI=1S/C18H23N5O/c1-22(2)10-8-19-18(24)16-11-17(21-13-20-16)23-9-7-14-5-3-4-6-15(14)12-23/h3-6,11,13H,7-10,12H2,1-2H3,(H,19,24). The van der Waals surface area contributed by atoms with Crippen LogP contribution < -0.4 is 10.2 Å². The van der Waals surface area contributed by atoms with Gasteiger partial charge in [0, 0.05) is 32.2 Å². The highest BCUT2D eigenvalue weighted by Gasteiger charge is 2.18. The Morgan fingerprint density at radius 1 is 1.25 bits per heavy atom. The van der Waals surface area contributed by atoms with Crippen LogP contribution in [0.2, 0.25) is 0 Å². The lowest BCUT2D eigenvalue weighted by Crippen LogP contribution is -2.33. The third-order valence-electron chi connectivity index (χ3n) is 4.18. The molecule has 0 bridgehead atoms. The van der Waals surface area contributed by atoms with Crippen LogP contribution in [0.25, 0.3) is 0 Å². The van der Waals surface area contributed by atoms with E-state index in [0.29, 0.717) is 12.2 Å². The zero-order valence-electron chi connectivity index (χ0n) is 14.2. The van der Waals surface area contributed by atoms with E-state index in [1.165, 1.54) is 17.5 Å². The highest BCUT2D eigenvalue weighted by Crippen LogP contribution is 2.22. The molecule has 0 spiro atoms. The van der Waals surface area contributed by atoms with Crippen molar-refractivity contribution in [1.29, 1.82) is 0 Å². The summed E-state index contributed by atoms with van der Waals surface area (Å²) in [6.07, 6.45) is 2.46. The number of hydrogen-bond donors (Lipinski definition) is 1. The first-order chi connectivity index (χ1) is 11.6. The number of nitrogens with zero attached hydrogens (tertiary/aromatic N) is 4. The average molecular weight is 325 g/mol. The van der Waals surface area contributed by atoms with Crippen molar-refractivity contribution in [3.8, 4) is 0 Å². The van der Waals surface area contributed by atoms with Gasteiger partial charge in [-0.15, -0.1) is 0 Å². The van der Waals surface area contributed by atoms with Crippen molar-refractivity contribution >= 4 is 11.7 Å². The Morgan fingerprint density at radius 2 is 2.04 bits per heavy atom. The van der Waals surface area contributed by atoms with Gasteiger partial charge in [-0.3, -0.25) is 4.79 Å². The fraction of sp³-hybridized carbons (Fsp3) is 0.389. The van der Waals surface area contributed by atoms with Gasteiger partial charge in [-0.05, 0) is 31.6 Å². The molecule has 2 aromatic rings. The second-order valence-corrected chi connectivity index (χ2v) is 6.26. The van der Waals surface area contributed by atoms with E-state index in [0.717, 1.165) is 31.9 Å². The summed E-state index contributed by atoms with van der Waals surface area (Å²) in [5, 5.41) is 2.89. The van der Waals surface area contributed by atoms with E-state index in [2.05, 4.69) is 44.5 Å². The van der Waals surface area contributed by atoms with Crippen LogP contribution in [0.3, 0.4) is 0 Å². The normalized spacial score (nSPS) is 13.7. The third kappa shape index (κ3) is 3.89. The highest BCUT2D eigenvalue weighted by atomic mass is 16.1. The van der Waals surface area contributed by atoms with Gasteiger partial charge < -0.3 is 15.1 Å². The number of carbonyl (C=O) groups excluding carboxylic acids is 1. The first kappa shape index (κ1) is 16.4. The number of fused-ring (bicyclic) bond motifs is 1. The lowest BCUT2D eigenvalue weighted by molar-refractivity contribution is 0.0946. The third-order valence-corrected chi connectivity index (χ3v) is 4.18. The summed E-state index contributed by atoms with van der Waals surface area (Å²) in [6.45, 7) is 3.11. The van der Waals surface area contributed by atoms with Gasteiger partial charge in [0.1, 0.15) is 17.8 Å². The van der Waals surface area contributed by atoms with Gasteiger partial charge in [0.25, 0.3) is 5.91 Å². The number of aromatic nitrogens is 2. The molecule has 1 aliphatic rings. The molecule has 0 saturated carbocycles.